The van der Waals surface area contributed by atoms with Crippen LogP contribution in [0.15, 0.2) is 47.4 Å². The van der Waals surface area contributed by atoms with Gasteiger partial charge in [-0.15, -0.1) is 0 Å². The van der Waals surface area contributed by atoms with Crippen LogP contribution in [0.25, 0.3) is 11.0 Å². The summed E-state index contributed by atoms with van der Waals surface area (Å²) < 4.78 is 0. The first-order chi connectivity index (χ1) is 9.72. The molecule has 20 heavy (non-hydrogen) atoms. The molecule has 1 aromatic carbocycles. The number of H-pyrrole nitrogens is 2. The molecule has 0 aliphatic rings. The minimum Gasteiger partial charge on any atom is -0.346 e. The van der Waals surface area contributed by atoms with Gasteiger partial charge in [-0.25, -0.2) is 4.79 Å². The van der Waals surface area contributed by atoms with Gasteiger partial charge in [-0.05, 0) is 30.3 Å². The summed E-state index contributed by atoms with van der Waals surface area (Å²) in [7, 11) is 0. The van der Waals surface area contributed by atoms with Crippen molar-refractivity contribution in [1.82, 2.24) is 20.3 Å². The lowest BCUT2D eigenvalue weighted by molar-refractivity contribution is 0.0950. The highest BCUT2D eigenvalue weighted by Crippen LogP contribution is 2.10. The van der Waals surface area contributed by atoms with Crippen LogP contribution in [0.2, 0.25) is 0 Å². The number of imidazole rings is 1. The summed E-state index contributed by atoms with van der Waals surface area (Å²) in [6.45, 7) is 0.362. The van der Waals surface area contributed by atoms with E-state index in [1.165, 1.54) is 0 Å². The quantitative estimate of drug-likeness (QED) is 0.666. The smallest absolute Gasteiger partial charge is 0.323 e. The Hall–Kier alpha value is -2.89. The highest BCUT2D eigenvalue weighted by Gasteiger charge is 2.07. The first kappa shape index (κ1) is 12.2. The van der Waals surface area contributed by atoms with E-state index in [0.29, 0.717) is 23.1 Å². The summed E-state index contributed by atoms with van der Waals surface area (Å²) in [5.74, 6) is -0.209. The standard InChI is InChI=1S/C14H12N4O2/c19-13(16-8-10-3-1-2-6-15-10)9-4-5-11-12(7-9)18-14(20)17-11/h1-7H,8H2,(H,16,19)(H2,17,18,20). The molecule has 3 rings (SSSR count). The maximum Gasteiger partial charge on any atom is 0.323 e. The summed E-state index contributed by atoms with van der Waals surface area (Å²) in [4.78, 5) is 32.6. The molecular formula is C14H12N4O2. The van der Waals surface area contributed by atoms with E-state index in [-0.39, 0.29) is 11.6 Å². The van der Waals surface area contributed by atoms with E-state index in [1.807, 2.05) is 18.2 Å². The maximum atomic E-state index is 12.0. The molecule has 0 saturated carbocycles. The lowest BCUT2D eigenvalue weighted by Gasteiger charge is -2.04. The molecule has 0 aliphatic carbocycles. The molecule has 0 radical (unpaired) electrons. The fourth-order valence-electron chi connectivity index (χ4n) is 1.95. The number of aromatic nitrogens is 3. The van der Waals surface area contributed by atoms with Crippen molar-refractivity contribution in [2.75, 3.05) is 0 Å². The van der Waals surface area contributed by atoms with E-state index >= 15 is 0 Å². The van der Waals surface area contributed by atoms with Gasteiger partial charge in [0.2, 0.25) is 0 Å². The van der Waals surface area contributed by atoms with Gasteiger partial charge in [0.05, 0.1) is 23.3 Å². The molecule has 0 atom stereocenters. The number of hydrogen-bond acceptors (Lipinski definition) is 3. The maximum absolute atomic E-state index is 12.0. The van der Waals surface area contributed by atoms with E-state index in [1.54, 1.807) is 24.4 Å². The van der Waals surface area contributed by atoms with Crippen molar-refractivity contribution in [3.05, 3.63) is 64.3 Å². The predicted molar refractivity (Wildman–Crippen MR) is 74.3 cm³/mol. The van der Waals surface area contributed by atoms with Crippen molar-refractivity contribution >= 4 is 16.9 Å². The lowest BCUT2D eigenvalue weighted by Crippen LogP contribution is -2.23. The van der Waals surface area contributed by atoms with Crippen molar-refractivity contribution in [2.45, 2.75) is 6.54 Å². The topological polar surface area (TPSA) is 90.6 Å². The molecule has 3 N–H and O–H groups in total. The number of carbonyl (C=O) groups excluding carboxylic acids is 1. The van der Waals surface area contributed by atoms with Crippen molar-refractivity contribution in [2.24, 2.45) is 0 Å². The summed E-state index contributed by atoms with van der Waals surface area (Å²) in [6.07, 6.45) is 1.68. The third-order valence-electron chi connectivity index (χ3n) is 2.93. The zero-order chi connectivity index (χ0) is 13.9. The van der Waals surface area contributed by atoms with Crippen LogP contribution < -0.4 is 11.0 Å². The van der Waals surface area contributed by atoms with E-state index in [0.717, 1.165) is 5.69 Å². The predicted octanol–water partition coefficient (Wildman–Crippen LogP) is 1.18. The minimum atomic E-state index is -0.286. The Morgan fingerprint density at radius 2 is 2.00 bits per heavy atom. The fraction of sp³-hybridized carbons (Fsp3) is 0.0714. The van der Waals surface area contributed by atoms with E-state index in [2.05, 4.69) is 20.3 Å². The average Bonchev–Trinajstić information content (AvgIpc) is 2.85. The second kappa shape index (κ2) is 5.00. The molecule has 6 nitrogen and oxygen atoms in total. The number of carbonyl (C=O) groups is 1. The Kier molecular flexibility index (Phi) is 3.04. The van der Waals surface area contributed by atoms with Gasteiger partial charge in [0.15, 0.2) is 0 Å². The Bertz CT molecular complexity index is 805. The summed E-state index contributed by atoms with van der Waals surface area (Å²) >= 11 is 0. The average molecular weight is 268 g/mol. The van der Waals surface area contributed by atoms with Gasteiger partial charge in [-0.3, -0.25) is 9.78 Å². The zero-order valence-electron chi connectivity index (χ0n) is 10.5. The van der Waals surface area contributed by atoms with Crippen LogP contribution in [0.4, 0.5) is 0 Å². The Labute approximate surface area is 113 Å². The number of aromatic amines is 2. The van der Waals surface area contributed by atoms with E-state index in [9.17, 15) is 9.59 Å². The van der Waals surface area contributed by atoms with Crippen LogP contribution in [0.1, 0.15) is 16.1 Å². The normalized spacial score (nSPS) is 10.6. The number of nitrogens with zero attached hydrogens (tertiary/aromatic N) is 1. The number of pyridine rings is 1. The number of nitrogens with one attached hydrogen (secondary N) is 3. The summed E-state index contributed by atoms with van der Waals surface area (Å²) in [6, 6.07) is 10.5. The van der Waals surface area contributed by atoms with E-state index in [4.69, 9.17) is 0 Å². The van der Waals surface area contributed by atoms with Gasteiger partial charge >= 0.3 is 5.69 Å². The molecule has 6 heteroatoms. The highest BCUT2D eigenvalue weighted by molar-refractivity contribution is 5.97. The molecule has 0 unspecified atom stereocenters. The first-order valence-electron chi connectivity index (χ1n) is 6.12. The van der Waals surface area contributed by atoms with Gasteiger partial charge < -0.3 is 15.3 Å². The van der Waals surface area contributed by atoms with E-state index < -0.39 is 0 Å². The third-order valence-corrected chi connectivity index (χ3v) is 2.93. The lowest BCUT2D eigenvalue weighted by atomic mass is 10.2. The summed E-state index contributed by atoms with van der Waals surface area (Å²) in [5.41, 5.74) is 2.28. The van der Waals surface area contributed by atoms with Crippen LogP contribution in [-0.2, 0) is 6.54 Å². The Morgan fingerprint density at radius 3 is 2.80 bits per heavy atom. The van der Waals surface area contributed by atoms with Crippen molar-refractivity contribution < 1.29 is 4.79 Å². The number of benzene rings is 1. The van der Waals surface area contributed by atoms with Crippen LogP contribution in [-0.4, -0.2) is 20.9 Å². The fourth-order valence-corrected chi connectivity index (χ4v) is 1.95. The molecule has 1 amide bonds. The van der Waals surface area contributed by atoms with Gasteiger partial charge in [0, 0.05) is 11.8 Å². The number of fused-ring (bicyclic) bond motifs is 1. The van der Waals surface area contributed by atoms with Crippen LogP contribution >= 0.6 is 0 Å². The van der Waals surface area contributed by atoms with Crippen LogP contribution in [0.5, 0.6) is 0 Å². The largest absolute Gasteiger partial charge is 0.346 e. The second-order valence-corrected chi connectivity index (χ2v) is 4.34. The van der Waals surface area contributed by atoms with Gasteiger partial charge in [0.1, 0.15) is 0 Å². The molecule has 0 fully saturated rings. The van der Waals surface area contributed by atoms with Gasteiger partial charge in [-0.2, -0.15) is 0 Å². The summed E-state index contributed by atoms with van der Waals surface area (Å²) in [5, 5.41) is 2.78. The molecular weight excluding hydrogens is 256 g/mol. The molecule has 0 bridgehead atoms. The van der Waals surface area contributed by atoms with Gasteiger partial charge in [0.25, 0.3) is 5.91 Å². The highest BCUT2D eigenvalue weighted by atomic mass is 16.2. The monoisotopic (exact) mass is 268 g/mol. The molecule has 0 saturated heterocycles. The van der Waals surface area contributed by atoms with Crippen molar-refractivity contribution in [3.8, 4) is 0 Å². The SMILES string of the molecule is O=C(NCc1ccccn1)c1ccc2[nH]c(=O)[nH]c2c1. The number of hydrogen-bond donors (Lipinski definition) is 3. The Morgan fingerprint density at radius 1 is 1.15 bits per heavy atom. The number of rotatable bonds is 3. The minimum absolute atomic E-state index is 0.209. The molecule has 100 valence electrons. The molecule has 3 aromatic rings. The zero-order valence-corrected chi connectivity index (χ0v) is 10.5. The Balaban J connectivity index is 1.76. The van der Waals surface area contributed by atoms with Gasteiger partial charge in [-0.1, -0.05) is 6.07 Å². The van der Waals surface area contributed by atoms with Crippen LogP contribution in [0, 0.1) is 0 Å². The molecule has 0 aliphatic heterocycles. The molecule has 2 aromatic heterocycles. The third kappa shape index (κ3) is 2.44. The number of amides is 1. The second-order valence-electron chi connectivity index (χ2n) is 4.34. The van der Waals surface area contributed by atoms with Crippen LogP contribution in [0.3, 0.4) is 0 Å². The molecule has 2 heterocycles. The first-order valence-corrected chi connectivity index (χ1v) is 6.12. The van der Waals surface area contributed by atoms with Crippen molar-refractivity contribution in [3.63, 3.8) is 0 Å². The van der Waals surface area contributed by atoms with Crippen molar-refractivity contribution in [1.29, 1.82) is 0 Å². The molecule has 0 spiro atoms.